The number of aryl methyl sites for hydroxylation is 1. The summed E-state index contributed by atoms with van der Waals surface area (Å²) in [6.45, 7) is 4.41. The van der Waals surface area contributed by atoms with Crippen molar-refractivity contribution in [2.24, 2.45) is 5.92 Å². The smallest absolute Gasteiger partial charge is 0.281 e. The van der Waals surface area contributed by atoms with Gasteiger partial charge in [-0.15, -0.1) is 0 Å². The number of nitro benzene ring substituents is 1. The number of hydrazine groups is 1. The van der Waals surface area contributed by atoms with Gasteiger partial charge in [-0.3, -0.25) is 20.3 Å². The zero-order valence-corrected chi connectivity index (χ0v) is 18.6. The van der Waals surface area contributed by atoms with Gasteiger partial charge >= 0.3 is 0 Å². The number of rotatable bonds is 9. The highest BCUT2D eigenvalue weighted by Crippen LogP contribution is 2.37. The summed E-state index contributed by atoms with van der Waals surface area (Å²) < 4.78 is 5.74. The largest absolute Gasteiger partial charge is 0.493 e. The van der Waals surface area contributed by atoms with E-state index in [-0.39, 0.29) is 17.2 Å². The summed E-state index contributed by atoms with van der Waals surface area (Å²) in [5.74, 6) is 1.09. The number of aliphatic hydroxyl groups is 1. The number of ether oxygens (including phenoxy) is 1. The molecule has 1 saturated heterocycles. The van der Waals surface area contributed by atoms with Crippen LogP contribution >= 0.6 is 0 Å². The van der Waals surface area contributed by atoms with Crippen molar-refractivity contribution in [1.82, 2.24) is 10.4 Å². The molecule has 1 heterocycles. The minimum atomic E-state index is -1.01. The molecule has 0 radical (unpaired) electrons. The van der Waals surface area contributed by atoms with Gasteiger partial charge in [-0.1, -0.05) is 12.8 Å². The van der Waals surface area contributed by atoms with Crippen LogP contribution in [-0.2, 0) is 4.79 Å². The third-order valence-corrected chi connectivity index (χ3v) is 6.55. The van der Waals surface area contributed by atoms with Gasteiger partial charge in [0.25, 0.3) is 5.69 Å². The van der Waals surface area contributed by atoms with E-state index in [1.807, 2.05) is 0 Å². The molecule has 1 aliphatic carbocycles. The van der Waals surface area contributed by atoms with Crippen LogP contribution < -0.4 is 10.2 Å². The highest BCUT2D eigenvalue weighted by molar-refractivity contribution is 5.75. The van der Waals surface area contributed by atoms with Crippen molar-refractivity contribution in [3.8, 4) is 5.75 Å². The lowest BCUT2D eigenvalue weighted by atomic mass is 9.79. The van der Waals surface area contributed by atoms with Crippen molar-refractivity contribution in [2.45, 2.75) is 83.8 Å². The molecule has 1 saturated carbocycles. The maximum absolute atomic E-state index is 12.4. The van der Waals surface area contributed by atoms with E-state index in [4.69, 9.17) is 4.74 Å². The topological polar surface area (TPSA) is 105 Å². The first-order valence-corrected chi connectivity index (χ1v) is 11.5. The number of amides is 1. The van der Waals surface area contributed by atoms with Crippen LogP contribution in [0.5, 0.6) is 5.75 Å². The van der Waals surface area contributed by atoms with E-state index in [9.17, 15) is 20.0 Å². The number of carbonyl (C=O) groups is 1. The Morgan fingerprint density at radius 2 is 2.03 bits per heavy atom. The monoisotopic (exact) mass is 433 g/mol. The van der Waals surface area contributed by atoms with Gasteiger partial charge in [0.2, 0.25) is 5.91 Å². The first-order valence-electron chi connectivity index (χ1n) is 11.5. The number of carbonyl (C=O) groups excluding carboxylic acids is 1. The molecule has 1 aromatic rings. The molecule has 172 valence electrons. The molecule has 1 amide bonds. The van der Waals surface area contributed by atoms with Crippen molar-refractivity contribution in [3.63, 3.8) is 0 Å². The molecule has 0 aromatic heterocycles. The van der Waals surface area contributed by atoms with Crippen molar-refractivity contribution in [2.75, 3.05) is 13.2 Å². The average molecular weight is 434 g/mol. The van der Waals surface area contributed by atoms with E-state index >= 15 is 0 Å². The predicted octanol–water partition coefficient (Wildman–Crippen LogP) is 4.19. The summed E-state index contributed by atoms with van der Waals surface area (Å²) in [7, 11) is 0. The summed E-state index contributed by atoms with van der Waals surface area (Å²) in [5.41, 5.74) is 3.71. The van der Waals surface area contributed by atoms with Crippen LogP contribution in [0.4, 0.5) is 5.69 Å². The molecular weight excluding hydrogens is 398 g/mol. The van der Waals surface area contributed by atoms with Gasteiger partial charge in [-0.2, -0.15) is 0 Å². The zero-order valence-electron chi connectivity index (χ0n) is 18.6. The van der Waals surface area contributed by atoms with Crippen LogP contribution in [0.25, 0.3) is 0 Å². The number of unbranched alkanes of at least 4 members (excludes halogenated alkanes) is 1. The fourth-order valence-corrected chi connectivity index (χ4v) is 5.02. The summed E-state index contributed by atoms with van der Waals surface area (Å²) in [5, 5.41) is 23.6. The Hall–Kier alpha value is -2.19. The number of aliphatic hydroxyl groups excluding tert-OH is 1. The van der Waals surface area contributed by atoms with E-state index < -0.39 is 11.0 Å². The first kappa shape index (κ1) is 23.5. The number of nitro groups is 1. The number of hydrogen-bond donors (Lipinski definition) is 2. The molecule has 1 aromatic carbocycles. The van der Waals surface area contributed by atoms with Gasteiger partial charge in [-0.05, 0) is 70.4 Å². The Kier molecular flexibility index (Phi) is 8.26. The lowest BCUT2D eigenvalue weighted by Crippen LogP contribution is -2.55. The molecule has 8 heteroatoms. The summed E-state index contributed by atoms with van der Waals surface area (Å²) >= 11 is 0. The van der Waals surface area contributed by atoms with Crippen LogP contribution in [0, 0.1) is 23.0 Å². The third-order valence-electron chi connectivity index (χ3n) is 6.55. The lowest BCUT2D eigenvalue weighted by Gasteiger charge is -2.43. The molecule has 3 atom stereocenters. The molecule has 3 rings (SSSR count). The van der Waals surface area contributed by atoms with E-state index in [1.165, 1.54) is 39.0 Å². The number of nitrogens with zero attached hydrogens (tertiary/aromatic N) is 2. The summed E-state index contributed by atoms with van der Waals surface area (Å²) in [6.07, 6.45) is 8.17. The number of nitrogens with one attached hydrogen (secondary N) is 1. The second-order valence-electron chi connectivity index (χ2n) is 8.86. The molecular formula is C23H35N3O5. The van der Waals surface area contributed by atoms with Gasteiger partial charge in [0.1, 0.15) is 11.3 Å². The standard InChI is InChI=1S/C23H35N3O5/c1-16-12-13-20(22(17(2)27)23(16)26(29)30)31-15-6-5-11-21(28)24-25-14-7-9-18-8-3-4-10-19(18)25/h12-13,17-19,27H,3-11,14-15H2,1-2H3,(H,24,28). The Bertz CT molecular complexity index is 781. The number of fused-ring (bicyclic) bond motifs is 1. The molecule has 2 aliphatic rings. The molecule has 1 aliphatic heterocycles. The highest BCUT2D eigenvalue weighted by Gasteiger charge is 2.33. The second kappa shape index (κ2) is 10.9. The molecule has 2 fully saturated rings. The van der Waals surface area contributed by atoms with E-state index in [0.29, 0.717) is 43.2 Å². The van der Waals surface area contributed by atoms with Crippen LogP contribution in [0.1, 0.15) is 81.9 Å². The Morgan fingerprint density at radius 3 is 2.77 bits per heavy atom. The van der Waals surface area contributed by atoms with Gasteiger partial charge in [0.05, 0.1) is 17.6 Å². The normalized spacial score (nSPS) is 22.4. The Labute approximate surface area is 184 Å². The molecule has 0 spiro atoms. The van der Waals surface area contributed by atoms with Crippen LogP contribution in [-0.4, -0.2) is 40.1 Å². The van der Waals surface area contributed by atoms with Gasteiger partial charge in [0.15, 0.2) is 0 Å². The van der Waals surface area contributed by atoms with Gasteiger partial charge < -0.3 is 9.84 Å². The molecule has 0 bridgehead atoms. The van der Waals surface area contributed by atoms with Crippen LogP contribution in [0.15, 0.2) is 12.1 Å². The second-order valence-corrected chi connectivity index (χ2v) is 8.86. The predicted molar refractivity (Wildman–Crippen MR) is 118 cm³/mol. The zero-order chi connectivity index (χ0) is 22.4. The minimum Gasteiger partial charge on any atom is -0.493 e. The Morgan fingerprint density at radius 1 is 1.29 bits per heavy atom. The van der Waals surface area contributed by atoms with Crippen molar-refractivity contribution < 1.29 is 19.6 Å². The minimum absolute atomic E-state index is 0.0434. The number of hydrogen-bond acceptors (Lipinski definition) is 6. The van der Waals surface area contributed by atoms with Crippen LogP contribution in [0.2, 0.25) is 0 Å². The molecule has 8 nitrogen and oxygen atoms in total. The van der Waals surface area contributed by atoms with Gasteiger partial charge in [0, 0.05) is 24.6 Å². The third kappa shape index (κ3) is 5.95. The van der Waals surface area contributed by atoms with Crippen molar-refractivity contribution in [3.05, 3.63) is 33.4 Å². The Balaban J connectivity index is 1.45. The van der Waals surface area contributed by atoms with Crippen molar-refractivity contribution in [1.29, 1.82) is 0 Å². The fraction of sp³-hybridized carbons (Fsp3) is 0.696. The lowest BCUT2D eigenvalue weighted by molar-refractivity contribution is -0.386. The van der Waals surface area contributed by atoms with E-state index in [1.54, 1.807) is 19.1 Å². The summed E-state index contributed by atoms with van der Waals surface area (Å²) in [6, 6.07) is 3.78. The van der Waals surface area contributed by atoms with E-state index in [0.717, 1.165) is 18.9 Å². The molecule has 3 unspecified atom stereocenters. The van der Waals surface area contributed by atoms with Gasteiger partial charge in [-0.25, -0.2) is 5.01 Å². The maximum Gasteiger partial charge on any atom is 0.281 e. The average Bonchev–Trinajstić information content (AvgIpc) is 2.74. The first-order chi connectivity index (χ1) is 14.9. The maximum atomic E-state index is 12.4. The van der Waals surface area contributed by atoms with E-state index in [2.05, 4.69) is 10.4 Å². The quantitative estimate of drug-likeness (QED) is 0.344. The fourth-order valence-electron chi connectivity index (χ4n) is 5.02. The highest BCUT2D eigenvalue weighted by atomic mass is 16.6. The summed E-state index contributed by atoms with van der Waals surface area (Å²) in [4.78, 5) is 23.3. The SMILES string of the molecule is Cc1ccc(OCCCCC(=O)NN2CCCC3CCCCC32)c(C(C)O)c1[N+](=O)[O-]. The molecule has 2 N–H and O–H groups in total. The molecule has 31 heavy (non-hydrogen) atoms. The van der Waals surface area contributed by atoms with Crippen LogP contribution in [0.3, 0.4) is 0 Å². The number of piperidine rings is 1. The number of benzene rings is 1. The van der Waals surface area contributed by atoms with Crippen molar-refractivity contribution >= 4 is 11.6 Å².